The molecule has 2 saturated heterocycles. The number of ether oxygens (including phenoxy) is 1. The highest BCUT2D eigenvalue weighted by Crippen LogP contribution is 2.39. The largest absolute Gasteiger partial charge is 0.507 e. The van der Waals surface area contributed by atoms with Crippen LogP contribution in [0.3, 0.4) is 0 Å². The molecule has 1 N–H and O–H groups in total. The molecule has 0 bridgehead atoms. The van der Waals surface area contributed by atoms with Crippen LogP contribution in [0.1, 0.15) is 23.6 Å². The van der Waals surface area contributed by atoms with Crippen molar-refractivity contribution < 1.29 is 27.9 Å². The number of aliphatic hydroxyl groups is 1. The highest BCUT2D eigenvalue weighted by molar-refractivity contribution is 7.89. The zero-order valence-electron chi connectivity index (χ0n) is 20.5. The highest BCUT2D eigenvalue weighted by Gasteiger charge is 2.45. The maximum Gasteiger partial charge on any atom is 0.295 e. The molecule has 2 heterocycles. The Kier molecular flexibility index (Phi) is 7.89. The summed E-state index contributed by atoms with van der Waals surface area (Å²) >= 11 is 0. The van der Waals surface area contributed by atoms with Crippen LogP contribution in [0.4, 0.5) is 0 Å². The van der Waals surface area contributed by atoms with Crippen LogP contribution in [0.15, 0.2) is 65.1 Å². The average Bonchev–Trinajstić information content (AvgIpc) is 3.14. The van der Waals surface area contributed by atoms with Gasteiger partial charge in [0.15, 0.2) is 0 Å². The Morgan fingerprint density at radius 2 is 1.72 bits per heavy atom. The van der Waals surface area contributed by atoms with Crippen molar-refractivity contribution in [3.8, 4) is 0 Å². The molecular formula is C26H31N3O6S. The molecule has 0 aliphatic carbocycles. The number of benzene rings is 2. The zero-order chi connectivity index (χ0) is 25.9. The van der Waals surface area contributed by atoms with Crippen molar-refractivity contribution in [3.63, 3.8) is 0 Å². The maximum absolute atomic E-state index is 13.2. The van der Waals surface area contributed by atoms with Gasteiger partial charge in [0.05, 0.1) is 29.7 Å². The number of carbonyl (C=O) groups is 2. The molecule has 0 spiro atoms. The van der Waals surface area contributed by atoms with Crippen molar-refractivity contribution in [1.29, 1.82) is 0 Å². The third kappa shape index (κ3) is 5.22. The van der Waals surface area contributed by atoms with Crippen LogP contribution < -0.4 is 0 Å². The van der Waals surface area contributed by atoms with Crippen LogP contribution in [-0.2, 0) is 24.3 Å². The van der Waals surface area contributed by atoms with Gasteiger partial charge in [-0.25, -0.2) is 12.7 Å². The van der Waals surface area contributed by atoms with Crippen molar-refractivity contribution in [3.05, 3.63) is 71.3 Å². The molecule has 9 nitrogen and oxygen atoms in total. The highest BCUT2D eigenvalue weighted by atomic mass is 32.2. The Morgan fingerprint density at radius 1 is 1.03 bits per heavy atom. The molecule has 2 aromatic rings. The molecule has 1 unspecified atom stereocenters. The topological polar surface area (TPSA) is 107 Å². The summed E-state index contributed by atoms with van der Waals surface area (Å²) in [5.41, 5.74) is 0.809. The Balaban J connectivity index is 1.70. The summed E-state index contributed by atoms with van der Waals surface area (Å²) < 4.78 is 31.7. The second-order valence-electron chi connectivity index (χ2n) is 9.03. The number of amides is 1. The van der Waals surface area contributed by atoms with Crippen LogP contribution in [-0.4, -0.2) is 92.8 Å². The summed E-state index contributed by atoms with van der Waals surface area (Å²) in [6, 6.07) is 14.1. The lowest BCUT2D eigenvalue weighted by Crippen LogP contribution is -2.38. The monoisotopic (exact) mass is 513 g/mol. The lowest BCUT2D eigenvalue weighted by Gasteiger charge is -2.29. The molecule has 2 aliphatic heterocycles. The number of rotatable bonds is 8. The third-order valence-corrected chi connectivity index (χ3v) is 8.33. The fraction of sp³-hybridized carbons (Fsp3) is 0.385. The van der Waals surface area contributed by atoms with Crippen molar-refractivity contribution in [2.75, 3.05) is 53.5 Å². The van der Waals surface area contributed by atoms with Gasteiger partial charge in [0, 0.05) is 45.8 Å². The molecule has 2 aromatic carbocycles. The number of Topliss-reactive ketones (excluding diaryl/α,β-unsaturated/α-hetero) is 1. The normalized spacial score (nSPS) is 20.9. The second-order valence-corrected chi connectivity index (χ2v) is 11.2. The molecule has 0 radical (unpaired) electrons. The third-order valence-electron chi connectivity index (χ3n) is 6.52. The van der Waals surface area contributed by atoms with E-state index in [1.807, 2.05) is 30.3 Å². The molecule has 2 fully saturated rings. The van der Waals surface area contributed by atoms with Gasteiger partial charge >= 0.3 is 0 Å². The van der Waals surface area contributed by atoms with Crippen molar-refractivity contribution in [2.45, 2.75) is 17.4 Å². The van der Waals surface area contributed by atoms with Gasteiger partial charge < -0.3 is 14.7 Å². The SMILES string of the molecule is CN(C)S(=O)(=O)c1cccc(/C(O)=C2/C(=O)C(=O)N(CCCN3CCOCC3)C2c2ccccc2)c1. The molecular weight excluding hydrogens is 482 g/mol. The van der Waals surface area contributed by atoms with Crippen molar-refractivity contribution in [1.82, 2.24) is 14.1 Å². The first-order valence-electron chi connectivity index (χ1n) is 11.9. The predicted octanol–water partition coefficient (Wildman–Crippen LogP) is 2.08. The van der Waals surface area contributed by atoms with Crippen LogP contribution >= 0.6 is 0 Å². The minimum Gasteiger partial charge on any atom is -0.507 e. The van der Waals surface area contributed by atoms with Gasteiger partial charge in [0.2, 0.25) is 10.0 Å². The van der Waals surface area contributed by atoms with Gasteiger partial charge in [-0.3, -0.25) is 14.5 Å². The zero-order valence-corrected chi connectivity index (χ0v) is 21.3. The average molecular weight is 514 g/mol. The number of ketones is 1. The maximum atomic E-state index is 13.2. The molecule has 0 aromatic heterocycles. The summed E-state index contributed by atoms with van der Waals surface area (Å²) in [5.74, 6) is -1.85. The second kappa shape index (κ2) is 10.9. The number of sulfonamides is 1. The molecule has 2 aliphatic rings. The van der Waals surface area contributed by atoms with E-state index in [9.17, 15) is 23.1 Å². The molecule has 1 atom stereocenters. The number of hydrogen-bond donors (Lipinski definition) is 1. The molecule has 36 heavy (non-hydrogen) atoms. The van der Waals surface area contributed by atoms with Crippen molar-refractivity contribution in [2.24, 2.45) is 0 Å². The lowest BCUT2D eigenvalue weighted by atomic mass is 9.95. The minimum atomic E-state index is -3.76. The van der Waals surface area contributed by atoms with E-state index in [-0.39, 0.29) is 16.0 Å². The molecule has 192 valence electrons. The summed E-state index contributed by atoms with van der Waals surface area (Å²) in [7, 11) is -0.923. The van der Waals surface area contributed by atoms with E-state index < -0.39 is 33.5 Å². The van der Waals surface area contributed by atoms with E-state index >= 15 is 0 Å². The van der Waals surface area contributed by atoms with Gasteiger partial charge in [0.1, 0.15) is 5.76 Å². The number of carbonyl (C=O) groups excluding carboxylic acids is 2. The Hall–Kier alpha value is -3.05. The lowest BCUT2D eigenvalue weighted by molar-refractivity contribution is -0.140. The predicted molar refractivity (Wildman–Crippen MR) is 135 cm³/mol. The van der Waals surface area contributed by atoms with E-state index in [2.05, 4.69) is 4.90 Å². The fourth-order valence-corrected chi connectivity index (χ4v) is 5.50. The Morgan fingerprint density at radius 3 is 2.39 bits per heavy atom. The number of likely N-dealkylation sites (tertiary alicyclic amines) is 1. The first-order chi connectivity index (χ1) is 17.2. The number of aliphatic hydroxyl groups excluding tert-OH is 1. The van der Waals surface area contributed by atoms with Gasteiger partial charge in [0.25, 0.3) is 11.7 Å². The van der Waals surface area contributed by atoms with E-state index in [1.165, 1.54) is 43.3 Å². The minimum absolute atomic E-state index is 0.0208. The molecule has 1 amide bonds. The van der Waals surface area contributed by atoms with Crippen LogP contribution in [0.2, 0.25) is 0 Å². The molecule has 10 heteroatoms. The smallest absolute Gasteiger partial charge is 0.295 e. The standard InChI is InChI=1S/C26H31N3O6S/c1-27(2)36(33,34)21-11-6-10-20(18-21)24(30)22-23(19-8-4-3-5-9-19)29(26(32)25(22)31)13-7-12-28-14-16-35-17-15-28/h3-6,8-11,18,23,30H,7,12-17H2,1-2H3/b24-22-. The molecule has 0 saturated carbocycles. The van der Waals surface area contributed by atoms with Gasteiger partial charge in [-0.2, -0.15) is 0 Å². The number of morpholine rings is 1. The first kappa shape index (κ1) is 26.0. The van der Waals surface area contributed by atoms with Gasteiger partial charge in [-0.05, 0) is 24.1 Å². The van der Waals surface area contributed by atoms with E-state index in [1.54, 1.807) is 0 Å². The quantitative estimate of drug-likeness (QED) is 0.327. The van der Waals surface area contributed by atoms with E-state index in [0.29, 0.717) is 31.7 Å². The molecule has 4 rings (SSSR count). The summed E-state index contributed by atoms with van der Waals surface area (Å²) in [4.78, 5) is 30.1. The van der Waals surface area contributed by atoms with Crippen LogP contribution in [0.25, 0.3) is 5.76 Å². The van der Waals surface area contributed by atoms with Gasteiger partial charge in [-0.15, -0.1) is 0 Å². The summed E-state index contributed by atoms with van der Waals surface area (Å²) in [6.45, 7) is 4.11. The van der Waals surface area contributed by atoms with Crippen molar-refractivity contribution >= 4 is 27.5 Å². The summed E-state index contributed by atoms with van der Waals surface area (Å²) in [6.07, 6.45) is 0.660. The van der Waals surface area contributed by atoms with Crippen LogP contribution in [0.5, 0.6) is 0 Å². The Labute approximate surface area is 211 Å². The number of hydrogen-bond acceptors (Lipinski definition) is 7. The van der Waals surface area contributed by atoms with Crippen LogP contribution in [0, 0.1) is 0 Å². The first-order valence-corrected chi connectivity index (χ1v) is 13.3. The van der Waals surface area contributed by atoms with E-state index in [0.717, 1.165) is 23.9 Å². The van der Waals surface area contributed by atoms with Gasteiger partial charge in [-0.1, -0.05) is 42.5 Å². The Bertz CT molecular complexity index is 1250. The van der Waals surface area contributed by atoms with E-state index in [4.69, 9.17) is 4.74 Å². The number of nitrogens with zero attached hydrogens (tertiary/aromatic N) is 3. The summed E-state index contributed by atoms with van der Waals surface area (Å²) in [5, 5.41) is 11.3. The fourth-order valence-electron chi connectivity index (χ4n) is 4.55.